The zero-order valence-electron chi connectivity index (χ0n) is 20.1. The van der Waals surface area contributed by atoms with Crippen LogP contribution in [0.4, 0.5) is 5.69 Å². The number of rotatable bonds is 9. The normalized spacial score (nSPS) is 10.3. The van der Waals surface area contributed by atoms with E-state index < -0.39 is 0 Å². The first-order valence-electron chi connectivity index (χ1n) is 11.2. The minimum Gasteiger partial charge on any atom is -0.497 e. The average Bonchev–Trinajstić information content (AvgIpc) is 2.94. The van der Waals surface area contributed by atoms with E-state index in [0.29, 0.717) is 28.4 Å². The van der Waals surface area contributed by atoms with Gasteiger partial charge in [-0.1, -0.05) is 41.2 Å². The Bertz CT molecular complexity index is 1480. The van der Waals surface area contributed by atoms with Crippen LogP contribution < -0.4 is 14.8 Å². The highest BCUT2D eigenvalue weighted by atomic mass is 35.5. The molecule has 0 radical (unpaired) electrons. The van der Waals surface area contributed by atoms with Crippen molar-refractivity contribution < 1.29 is 9.47 Å². The van der Waals surface area contributed by atoms with Crippen LogP contribution in [0.3, 0.4) is 0 Å². The molecule has 0 aliphatic heterocycles. The molecule has 0 aliphatic rings. The Hall–Kier alpha value is -3.75. The molecule has 184 valence electrons. The highest BCUT2D eigenvalue weighted by Gasteiger charge is 2.15. The molecule has 37 heavy (non-hydrogen) atoms. The monoisotopic (exact) mass is 543 g/mol. The van der Waals surface area contributed by atoms with E-state index >= 15 is 0 Å². The van der Waals surface area contributed by atoms with Gasteiger partial charge in [0.25, 0.3) is 0 Å². The summed E-state index contributed by atoms with van der Waals surface area (Å²) >= 11 is 10.0. The lowest BCUT2D eigenvalue weighted by Crippen LogP contribution is -2.03. The maximum absolute atomic E-state index is 9.54. The van der Waals surface area contributed by atoms with Crippen LogP contribution in [0.5, 0.6) is 11.5 Å². The minimum atomic E-state index is 0.329. The van der Waals surface area contributed by atoms with E-state index in [0.717, 1.165) is 36.6 Å². The minimum absolute atomic E-state index is 0.329. The molecule has 0 saturated carbocycles. The lowest BCUT2D eigenvalue weighted by atomic mass is 10.1. The molecule has 0 saturated heterocycles. The fourth-order valence-electron chi connectivity index (χ4n) is 3.54. The number of benzene rings is 4. The van der Waals surface area contributed by atoms with Crippen molar-refractivity contribution in [1.29, 1.82) is 10.5 Å². The number of nitriles is 2. The summed E-state index contributed by atoms with van der Waals surface area (Å²) in [6.45, 7) is 0.437. The second-order valence-electron chi connectivity index (χ2n) is 7.77. The Labute approximate surface area is 230 Å². The molecular weight excluding hydrogens is 522 g/mol. The highest BCUT2D eigenvalue weighted by Crippen LogP contribution is 2.44. The third kappa shape index (κ3) is 6.53. The molecule has 0 aromatic heterocycles. The van der Waals surface area contributed by atoms with Gasteiger partial charge in [-0.05, 0) is 78.4 Å². The van der Waals surface area contributed by atoms with Gasteiger partial charge in [0.05, 0.1) is 36.1 Å². The number of nitrogens with zero attached hydrogens (tertiary/aromatic N) is 2. The number of halogens is 1. The van der Waals surface area contributed by atoms with Crippen LogP contribution >= 0.6 is 35.1 Å². The molecular formula is C29H22ClN3O2S2. The molecule has 0 fully saturated rings. The summed E-state index contributed by atoms with van der Waals surface area (Å²) in [6.07, 6.45) is 0. The Balaban J connectivity index is 1.66. The van der Waals surface area contributed by atoms with Crippen LogP contribution in [0.2, 0.25) is 5.02 Å². The SMILES string of the molecule is COc1ccc(Sc2cc(CNc3cccc(C#N)c3C#N)cc(Cl)c2Sc2ccc(OC)cc2)cc1. The third-order valence-electron chi connectivity index (χ3n) is 5.42. The van der Waals surface area contributed by atoms with E-state index in [9.17, 15) is 10.5 Å². The topological polar surface area (TPSA) is 78.1 Å². The van der Waals surface area contributed by atoms with Gasteiger partial charge in [-0.3, -0.25) is 0 Å². The lowest BCUT2D eigenvalue weighted by molar-refractivity contribution is 0.414. The maximum atomic E-state index is 9.54. The van der Waals surface area contributed by atoms with Gasteiger partial charge < -0.3 is 14.8 Å². The molecule has 4 aromatic rings. The molecule has 0 unspecified atom stereocenters. The zero-order chi connectivity index (χ0) is 26.2. The summed E-state index contributed by atoms with van der Waals surface area (Å²) in [6, 6.07) is 29.1. The number of ether oxygens (including phenoxy) is 2. The van der Waals surface area contributed by atoms with Crippen molar-refractivity contribution in [3.63, 3.8) is 0 Å². The molecule has 4 aromatic carbocycles. The summed E-state index contributed by atoms with van der Waals surface area (Å²) in [7, 11) is 3.29. The van der Waals surface area contributed by atoms with Gasteiger partial charge in [0.2, 0.25) is 0 Å². The van der Waals surface area contributed by atoms with E-state index in [-0.39, 0.29) is 0 Å². The van der Waals surface area contributed by atoms with Crippen LogP contribution in [0.15, 0.2) is 98.4 Å². The second kappa shape index (κ2) is 12.5. The smallest absolute Gasteiger partial charge is 0.118 e. The van der Waals surface area contributed by atoms with Crippen molar-refractivity contribution in [2.75, 3.05) is 19.5 Å². The predicted molar refractivity (Wildman–Crippen MR) is 149 cm³/mol. The Kier molecular flexibility index (Phi) is 8.87. The van der Waals surface area contributed by atoms with Gasteiger partial charge in [-0.2, -0.15) is 10.5 Å². The van der Waals surface area contributed by atoms with E-state index in [1.54, 1.807) is 55.9 Å². The van der Waals surface area contributed by atoms with Crippen molar-refractivity contribution in [3.05, 3.63) is 101 Å². The molecule has 0 heterocycles. The Morgan fingerprint density at radius 3 is 2.00 bits per heavy atom. The van der Waals surface area contributed by atoms with Crippen LogP contribution in [-0.4, -0.2) is 14.2 Å². The van der Waals surface area contributed by atoms with Gasteiger partial charge >= 0.3 is 0 Å². The second-order valence-corrected chi connectivity index (χ2v) is 10.4. The number of methoxy groups -OCH3 is 2. The molecule has 5 nitrogen and oxygen atoms in total. The van der Waals surface area contributed by atoms with Gasteiger partial charge in [0.15, 0.2) is 0 Å². The summed E-state index contributed by atoms with van der Waals surface area (Å²) < 4.78 is 10.6. The highest BCUT2D eigenvalue weighted by molar-refractivity contribution is 8.02. The average molecular weight is 544 g/mol. The molecule has 0 aliphatic carbocycles. The maximum Gasteiger partial charge on any atom is 0.118 e. The predicted octanol–water partition coefficient (Wildman–Crippen LogP) is 8.02. The molecule has 1 N–H and O–H groups in total. The summed E-state index contributed by atoms with van der Waals surface area (Å²) in [4.78, 5) is 4.03. The fraction of sp³-hybridized carbons (Fsp3) is 0.103. The number of hydrogen-bond acceptors (Lipinski definition) is 7. The van der Waals surface area contributed by atoms with Gasteiger partial charge in [0.1, 0.15) is 23.6 Å². The van der Waals surface area contributed by atoms with E-state index in [4.69, 9.17) is 21.1 Å². The van der Waals surface area contributed by atoms with Crippen LogP contribution in [0.1, 0.15) is 16.7 Å². The van der Waals surface area contributed by atoms with Gasteiger partial charge in [-0.15, -0.1) is 0 Å². The Morgan fingerprint density at radius 2 is 1.43 bits per heavy atom. The first kappa shape index (κ1) is 26.3. The fourth-order valence-corrected chi connectivity index (χ4v) is 5.97. The molecule has 0 atom stereocenters. The van der Waals surface area contributed by atoms with E-state index in [2.05, 4.69) is 23.5 Å². The third-order valence-corrected chi connectivity index (χ3v) is 8.16. The molecule has 4 rings (SSSR count). The standard InChI is InChI=1S/C29H22ClN3O2S2/c1-34-21-6-10-23(11-7-21)36-28-15-19(18-33-27-5-3-4-20(16-31)25(27)17-32)14-26(30)29(28)37-24-12-8-22(35-2)9-13-24/h3-15,33H,18H2,1-2H3. The van der Waals surface area contributed by atoms with Crippen molar-refractivity contribution >= 4 is 40.8 Å². The quantitative estimate of drug-likeness (QED) is 0.229. The summed E-state index contributed by atoms with van der Waals surface area (Å²) in [5.41, 5.74) is 2.23. The van der Waals surface area contributed by atoms with Crippen molar-refractivity contribution in [3.8, 4) is 23.6 Å². The van der Waals surface area contributed by atoms with E-state index in [1.807, 2.05) is 54.6 Å². The molecule has 0 spiro atoms. The number of hydrogen-bond donors (Lipinski definition) is 1. The molecule has 8 heteroatoms. The largest absolute Gasteiger partial charge is 0.497 e. The van der Waals surface area contributed by atoms with E-state index in [1.165, 1.54) is 0 Å². The van der Waals surface area contributed by atoms with Gasteiger partial charge in [0, 0.05) is 26.1 Å². The summed E-state index contributed by atoms with van der Waals surface area (Å²) in [5, 5.41) is 22.8. The van der Waals surface area contributed by atoms with Crippen LogP contribution in [0, 0.1) is 22.7 Å². The van der Waals surface area contributed by atoms with Crippen LogP contribution in [-0.2, 0) is 6.54 Å². The zero-order valence-corrected chi connectivity index (χ0v) is 22.5. The Morgan fingerprint density at radius 1 is 0.811 bits per heavy atom. The number of anilines is 1. The number of nitrogens with one attached hydrogen (secondary N) is 1. The first-order valence-corrected chi connectivity index (χ1v) is 13.2. The molecule has 0 amide bonds. The first-order chi connectivity index (χ1) is 18.0. The van der Waals surface area contributed by atoms with Crippen LogP contribution in [0.25, 0.3) is 0 Å². The van der Waals surface area contributed by atoms with Crippen molar-refractivity contribution in [2.24, 2.45) is 0 Å². The van der Waals surface area contributed by atoms with Crippen molar-refractivity contribution in [1.82, 2.24) is 0 Å². The van der Waals surface area contributed by atoms with Gasteiger partial charge in [-0.25, -0.2) is 0 Å². The molecule has 0 bridgehead atoms. The van der Waals surface area contributed by atoms with Crippen molar-refractivity contribution in [2.45, 2.75) is 26.1 Å². The lowest BCUT2D eigenvalue weighted by Gasteiger charge is -2.15. The summed E-state index contributed by atoms with van der Waals surface area (Å²) in [5.74, 6) is 1.59.